The number of anilines is 1. The average Bonchev–Trinajstić information content (AvgIpc) is 3.97. The predicted octanol–water partition coefficient (Wildman–Crippen LogP) is 5.86. The first-order chi connectivity index (χ1) is 37.4. The number of nitrogens with two attached hydrogens (primary N) is 1. The summed E-state index contributed by atoms with van der Waals surface area (Å²) in [5.41, 5.74) is 7.91. The van der Waals surface area contributed by atoms with E-state index in [9.17, 15) is 39.0 Å². The molecular weight excluding hydrogens is 1030 g/mol. The molecule has 1 aromatic heterocycles. The van der Waals surface area contributed by atoms with Gasteiger partial charge in [-0.15, -0.1) is 11.3 Å². The SMILES string of the molecule is CC[C@H](C)[C@@H](C(=O)N(C)[C@H](C[C@@H](OC(C)=O)c1nc(C(=O)N[C@@H](Cc2ccccc2)C[C@H](C)C(=O)O)cs1)C(C)C)N1C(=O)[C@H]2CCCC[N+]21Cc1ccc(NC(=O)[C@H](CCCNC(N)O)NC(=O)[C@@H](NC(C)C)C(C)C)cc1. The molecule has 9 N–H and O–H groups in total. The number of amides is 5. The first kappa shape index (κ1) is 64.0. The first-order valence-corrected chi connectivity index (χ1v) is 29.1. The maximum Gasteiger partial charge on any atom is 0.329 e. The van der Waals surface area contributed by atoms with Gasteiger partial charge in [-0.2, -0.15) is 5.01 Å². The Kier molecular flexibility index (Phi) is 24.0. The fourth-order valence-corrected chi connectivity index (χ4v) is 11.8. The number of quaternary nitrogens is 1. The number of carbonyl (C=O) groups excluding carboxylic acids is 6. The van der Waals surface area contributed by atoms with Crippen molar-refractivity contribution >= 4 is 58.5 Å². The van der Waals surface area contributed by atoms with E-state index in [0.29, 0.717) is 56.0 Å². The van der Waals surface area contributed by atoms with Crippen LogP contribution in [0.5, 0.6) is 0 Å². The van der Waals surface area contributed by atoms with Gasteiger partial charge in [0.2, 0.25) is 11.8 Å². The minimum atomic E-state index is -1.21. The number of aliphatic hydroxyl groups excluding tert-OH is 1. The van der Waals surface area contributed by atoms with Gasteiger partial charge < -0.3 is 41.1 Å². The minimum Gasteiger partial charge on any atom is -0.481 e. The van der Waals surface area contributed by atoms with Crippen LogP contribution < -0.4 is 32.3 Å². The number of aliphatic hydroxyl groups is 1. The van der Waals surface area contributed by atoms with Gasteiger partial charge in [-0.05, 0) is 80.5 Å². The van der Waals surface area contributed by atoms with E-state index in [1.807, 2.05) is 103 Å². The van der Waals surface area contributed by atoms with Crippen LogP contribution >= 0.6 is 11.3 Å². The molecule has 20 nitrogen and oxygen atoms in total. The van der Waals surface area contributed by atoms with Crippen molar-refractivity contribution in [2.75, 3.05) is 25.5 Å². The van der Waals surface area contributed by atoms with Crippen LogP contribution in [0.25, 0.3) is 0 Å². The van der Waals surface area contributed by atoms with Gasteiger partial charge in [0.1, 0.15) is 29.8 Å². The van der Waals surface area contributed by atoms with Crippen LogP contribution in [-0.4, -0.2) is 140 Å². The summed E-state index contributed by atoms with van der Waals surface area (Å²) in [4.78, 5) is 102. The van der Waals surface area contributed by atoms with E-state index in [-0.39, 0.29) is 77.1 Å². The largest absolute Gasteiger partial charge is 0.481 e. The van der Waals surface area contributed by atoms with Crippen LogP contribution in [0.3, 0.4) is 0 Å². The molecule has 5 amide bonds. The number of carboxylic acids is 1. The summed E-state index contributed by atoms with van der Waals surface area (Å²) in [5, 5.41) is 37.9. The van der Waals surface area contributed by atoms with E-state index in [2.05, 4.69) is 31.6 Å². The fraction of sp³-hybridized carbons (Fsp3) is 0.621. The van der Waals surface area contributed by atoms with Gasteiger partial charge >= 0.3 is 17.8 Å². The summed E-state index contributed by atoms with van der Waals surface area (Å²) in [6, 6.07) is 13.4. The molecule has 0 radical (unpaired) electrons. The van der Waals surface area contributed by atoms with Gasteiger partial charge in [0, 0.05) is 61.6 Å². The highest BCUT2D eigenvalue weighted by atomic mass is 32.1. The van der Waals surface area contributed by atoms with Crippen LogP contribution in [0.2, 0.25) is 0 Å². The molecule has 5 rings (SSSR count). The summed E-state index contributed by atoms with van der Waals surface area (Å²) >= 11 is 1.16. The zero-order valence-electron chi connectivity index (χ0n) is 48.2. The van der Waals surface area contributed by atoms with Crippen LogP contribution in [0.15, 0.2) is 60.0 Å². The van der Waals surface area contributed by atoms with E-state index >= 15 is 4.79 Å². The molecule has 2 unspecified atom stereocenters. The lowest BCUT2D eigenvalue weighted by molar-refractivity contribution is -1.08. The number of ether oxygens (including phenoxy) is 1. The van der Waals surface area contributed by atoms with Crippen LogP contribution in [0, 0.1) is 23.7 Å². The number of likely N-dealkylation sites (N-methyl/N-ethyl adjacent to an activating group) is 1. The summed E-state index contributed by atoms with van der Waals surface area (Å²) in [5.74, 6) is -4.16. The van der Waals surface area contributed by atoms with Gasteiger partial charge in [-0.25, -0.2) is 9.58 Å². The summed E-state index contributed by atoms with van der Waals surface area (Å²) in [6.07, 6.45) is 2.38. The van der Waals surface area contributed by atoms with E-state index in [1.54, 1.807) is 36.4 Å². The third-order valence-corrected chi connectivity index (χ3v) is 16.4. The zero-order valence-corrected chi connectivity index (χ0v) is 49.0. The second-order valence-electron chi connectivity index (χ2n) is 22.7. The number of fused-ring (bicyclic) bond motifs is 1. The number of piperidine rings is 1. The van der Waals surface area contributed by atoms with Crippen molar-refractivity contribution in [1.29, 1.82) is 0 Å². The number of rotatable bonds is 31. The highest BCUT2D eigenvalue weighted by Gasteiger charge is 2.66. The number of nitrogens with zero attached hydrogens (tertiary/aromatic N) is 4. The number of aromatic nitrogens is 1. The molecule has 0 bridgehead atoms. The van der Waals surface area contributed by atoms with Crippen LogP contribution in [-0.2, 0) is 46.5 Å². The molecule has 11 atom stereocenters. The fourth-order valence-electron chi connectivity index (χ4n) is 11.0. The number of carbonyl (C=O) groups is 7. The van der Waals surface area contributed by atoms with Crippen molar-refractivity contribution in [3.05, 3.63) is 81.8 Å². The molecular formula is C58H89N10O10S+. The van der Waals surface area contributed by atoms with Crippen molar-refractivity contribution in [2.24, 2.45) is 29.4 Å². The monoisotopic (exact) mass is 1120 g/mol. The van der Waals surface area contributed by atoms with Gasteiger partial charge in [0.25, 0.3) is 11.8 Å². The van der Waals surface area contributed by atoms with Crippen molar-refractivity contribution in [3.63, 3.8) is 0 Å². The Morgan fingerprint density at radius 3 is 2.19 bits per heavy atom. The van der Waals surface area contributed by atoms with Gasteiger partial charge in [0.15, 0.2) is 24.5 Å². The average molecular weight is 1120 g/mol. The van der Waals surface area contributed by atoms with Crippen molar-refractivity contribution in [1.82, 2.24) is 36.2 Å². The Hall–Kier alpha value is -5.84. The first-order valence-electron chi connectivity index (χ1n) is 28.2. The summed E-state index contributed by atoms with van der Waals surface area (Å²) in [7, 11) is 1.73. The Morgan fingerprint density at radius 2 is 1.59 bits per heavy atom. The number of carboxylic acid groups (broad SMARTS) is 1. The molecule has 2 saturated heterocycles. The lowest BCUT2D eigenvalue weighted by Gasteiger charge is -2.62. The van der Waals surface area contributed by atoms with Gasteiger partial charge in [-0.1, -0.05) is 111 Å². The Bertz CT molecular complexity index is 2510. The molecule has 2 aliphatic rings. The lowest BCUT2D eigenvalue weighted by Crippen LogP contribution is -2.85. The summed E-state index contributed by atoms with van der Waals surface area (Å²) in [6.45, 7) is 20.1. The normalized spacial score (nSPS) is 19.7. The van der Waals surface area contributed by atoms with Crippen LogP contribution in [0.1, 0.15) is 153 Å². The van der Waals surface area contributed by atoms with E-state index < -0.39 is 72.3 Å². The molecule has 2 fully saturated rings. The quantitative estimate of drug-likeness (QED) is 0.0162. The number of hydrogen-bond donors (Lipinski definition) is 8. The second-order valence-corrected chi connectivity index (χ2v) is 23.6. The molecule has 0 aliphatic carbocycles. The zero-order chi connectivity index (χ0) is 58.3. The van der Waals surface area contributed by atoms with E-state index in [1.165, 1.54) is 6.92 Å². The predicted molar refractivity (Wildman–Crippen MR) is 303 cm³/mol. The highest BCUT2D eigenvalue weighted by Crippen LogP contribution is 2.44. The maximum absolute atomic E-state index is 15.3. The Labute approximate surface area is 470 Å². The number of benzene rings is 2. The highest BCUT2D eigenvalue weighted by molar-refractivity contribution is 7.09. The molecule has 79 heavy (non-hydrogen) atoms. The molecule has 3 aromatic rings. The van der Waals surface area contributed by atoms with E-state index in [0.717, 1.165) is 35.3 Å². The minimum absolute atomic E-state index is 0.0376. The molecule has 0 saturated carbocycles. The molecule has 436 valence electrons. The maximum atomic E-state index is 15.3. The third kappa shape index (κ3) is 17.3. The Balaban J connectivity index is 1.36. The second kappa shape index (κ2) is 29.6. The van der Waals surface area contributed by atoms with Gasteiger partial charge in [0.05, 0.1) is 12.0 Å². The number of nitrogens with one attached hydrogen (secondary N) is 5. The van der Waals surface area contributed by atoms with E-state index in [4.69, 9.17) is 10.5 Å². The standard InChI is InChI=1S/C58H88N10O10S/c1-12-37(8)50(56(74)66(11)46(34(2)3)31-48(78-39(10)69)54-65-45(33-79-54)52(71)63-43(29-38(9)57(75)76)30-40-19-14-13-15-20-40)67-55(73)47-22-16-17-28-68(47,67)32-41-23-25-42(26-24-41)62-51(70)44(21-18-27-60-58(59)77)64-53(72)49(35(4)5)61-36(6)7/h13-15,19-20,23-26,33-38,43-44,46-50,58,60-61,77H,12,16-18,21-22,27-32,59H2,1-11H3,(H3-,62,63,64,70,71,72,75,76)/p+1/t37-,38-,43+,44-,46+,47+,48+,49-,50-,58?,68?/m0/s1. The smallest absolute Gasteiger partial charge is 0.329 e. The molecule has 21 heteroatoms. The van der Waals surface area contributed by atoms with Crippen molar-refractivity contribution in [2.45, 2.75) is 188 Å². The third-order valence-electron chi connectivity index (χ3n) is 15.4. The van der Waals surface area contributed by atoms with Crippen molar-refractivity contribution < 1.29 is 53.1 Å². The Morgan fingerprint density at radius 1 is 0.911 bits per heavy atom. The number of hydrogen-bond acceptors (Lipinski definition) is 14. The summed E-state index contributed by atoms with van der Waals surface area (Å²) < 4.78 is 6.21. The molecule has 0 spiro atoms. The van der Waals surface area contributed by atoms with Crippen molar-refractivity contribution in [3.8, 4) is 0 Å². The number of thiazole rings is 1. The number of aliphatic carboxylic acids is 1. The number of esters is 1. The lowest BCUT2D eigenvalue weighted by atomic mass is 9.87. The van der Waals surface area contributed by atoms with Gasteiger partial charge in [-0.3, -0.25) is 44.6 Å². The van der Waals surface area contributed by atoms with Crippen LogP contribution in [0.4, 0.5) is 5.69 Å². The molecule has 3 heterocycles. The molecule has 2 aromatic carbocycles. The molecule has 2 aliphatic heterocycles. The topological polar surface area (TPSA) is 275 Å².